The molecule has 110 valence electrons. The van der Waals surface area contributed by atoms with Gasteiger partial charge in [0.1, 0.15) is 12.4 Å². The average Bonchev–Trinajstić information content (AvgIpc) is 2.42. The number of nitrogens with one attached hydrogen (secondary N) is 1. The van der Waals surface area contributed by atoms with Crippen LogP contribution in [0.15, 0.2) is 24.3 Å². The van der Waals surface area contributed by atoms with Crippen LogP contribution in [0.5, 0.6) is 5.75 Å². The minimum Gasteiger partial charge on any atom is -0.492 e. The van der Waals surface area contributed by atoms with E-state index >= 15 is 0 Å². The molecule has 0 heterocycles. The van der Waals surface area contributed by atoms with Crippen LogP contribution < -0.4 is 10.1 Å². The highest BCUT2D eigenvalue weighted by atomic mass is 127. The predicted molar refractivity (Wildman–Crippen MR) is 82.9 cm³/mol. The van der Waals surface area contributed by atoms with Gasteiger partial charge in [-0.25, -0.2) is 4.79 Å². The molecule has 2 N–H and O–H groups in total. The van der Waals surface area contributed by atoms with Gasteiger partial charge in [0.2, 0.25) is 0 Å². The first kappa shape index (κ1) is 16.5. The minimum atomic E-state index is -0.924. The van der Waals surface area contributed by atoms with Crippen molar-refractivity contribution in [1.82, 2.24) is 10.2 Å². The van der Waals surface area contributed by atoms with Crippen LogP contribution in [0.3, 0.4) is 0 Å². The molecule has 0 saturated carbocycles. The number of nitrogens with zero attached hydrogens (tertiary/aromatic N) is 1. The topological polar surface area (TPSA) is 78.9 Å². The van der Waals surface area contributed by atoms with Gasteiger partial charge >= 0.3 is 12.0 Å². The fraction of sp³-hybridized carbons (Fsp3) is 0.385. The van der Waals surface area contributed by atoms with E-state index in [2.05, 4.69) is 27.9 Å². The lowest BCUT2D eigenvalue weighted by Gasteiger charge is -2.17. The van der Waals surface area contributed by atoms with Crippen LogP contribution in [0.25, 0.3) is 0 Å². The summed E-state index contributed by atoms with van der Waals surface area (Å²) in [7, 11) is 1.55. The van der Waals surface area contributed by atoms with E-state index in [0.29, 0.717) is 13.2 Å². The van der Waals surface area contributed by atoms with Gasteiger partial charge in [0, 0.05) is 17.2 Å². The Hall–Kier alpha value is -1.51. The van der Waals surface area contributed by atoms with Gasteiger partial charge in [0.15, 0.2) is 0 Å². The van der Waals surface area contributed by atoms with Gasteiger partial charge in [-0.1, -0.05) is 0 Å². The van der Waals surface area contributed by atoms with Gasteiger partial charge in [0.25, 0.3) is 0 Å². The van der Waals surface area contributed by atoms with Gasteiger partial charge in [-0.2, -0.15) is 0 Å². The van der Waals surface area contributed by atoms with Crippen molar-refractivity contribution < 1.29 is 19.4 Å². The summed E-state index contributed by atoms with van der Waals surface area (Å²) in [5, 5.41) is 11.2. The molecule has 0 aliphatic heterocycles. The Labute approximate surface area is 131 Å². The maximum atomic E-state index is 11.6. The third-order valence-electron chi connectivity index (χ3n) is 2.47. The smallest absolute Gasteiger partial charge is 0.317 e. The molecule has 0 fully saturated rings. The van der Waals surface area contributed by atoms with Crippen molar-refractivity contribution in [1.29, 1.82) is 0 Å². The van der Waals surface area contributed by atoms with E-state index in [-0.39, 0.29) is 19.0 Å². The van der Waals surface area contributed by atoms with Crippen molar-refractivity contribution >= 4 is 34.6 Å². The highest BCUT2D eigenvalue weighted by Gasteiger charge is 2.09. The van der Waals surface area contributed by atoms with Crippen LogP contribution in [-0.4, -0.2) is 48.8 Å². The number of rotatable bonds is 7. The van der Waals surface area contributed by atoms with E-state index in [1.807, 2.05) is 24.3 Å². The Kier molecular flexibility index (Phi) is 7.13. The Bertz CT molecular complexity index is 450. The SMILES string of the molecule is CN(CCC(=O)O)C(=O)NCCOc1ccc(I)cc1. The van der Waals surface area contributed by atoms with Crippen molar-refractivity contribution in [2.24, 2.45) is 0 Å². The van der Waals surface area contributed by atoms with Crippen molar-refractivity contribution in [2.75, 3.05) is 26.7 Å². The molecule has 0 bridgehead atoms. The van der Waals surface area contributed by atoms with Crippen molar-refractivity contribution in [3.63, 3.8) is 0 Å². The number of ether oxygens (including phenoxy) is 1. The molecule has 1 aromatic carbocycles. The lowest BCUT2D eigenvalue weighted by atomic mass is 10.3. The minimum absolute atomic E-state index is 0.0664. The van der Waals surface area contributed by atoms with Gasteiger partial charge in [-0.05, 0) is 46.9 Å². The molecule has 0 saturated heterocycles. The molecular formula is C13H17IN2O4. The summed E-state index contributed by atoms with van der Waals surface area (Å²) in [5.74, 6) is -0.175. The maximum Gasteiger partial charge on any atom is 0.317 e. The summed E-state index contributed by atoms with van der Waals surface area (Å²) < 4.78 is 6.59. The summed E-state index contributed by atoms with van der Waals surface area (Å²) in [5.41, 5.74) is 0. The molecule has 0 aliphatic carbocycles. The van der Waals surface area contributed by atoms with Crippen LogP contribution in [0, 0.1) is 3.57 Å². The van der Waals surface area contributed by atoms with E-state index in [1.54, 1.807) is 7.05 Å². The molecule has 0 aromatic heterocycles. The zero-order chi connectivity index (χ0) is 15.0. The first-order valence-corrected chi connectivity index (χ1v) is 7.16. The number of aliphatic carboxylic acids is 1. The van der Waals surface area contributed by atoms with Crippen LogP contribution in [-0.2, 0) is 4.79 Å². The predicted octanol–water partition coefficient (Wildman–Crippen LogP) is 1.79. The van der Waals surface area contributed by atoms with Gasteiger partial charge in [-0.3, -0.25) is 4.79 Å². The molecule has 1 aromatic rings. The summed E-state index contributed by atoms with van der Waals surface area (Å²) >= 11 is 2.21. The number of benzene rings is 1. The van der Waals surface area contributed by atoms with E-state index < -0.39 is 5.97 Å². The monoisotopic (exact) mass is 392 g/mol. The van der Waals surface area contributed by atoms with Gasteiger partial charge in [0.05, 0.1) is 13.0 Å². The number of carboxylic acid groups (broad SMARTS) is 1. The first-order valence-electron chi connectivity index (χ1n) is 6.08. The average molecular weight is 392 g/mol. The molecule has 1 rings (SSSR count). The second-order valence-electron chi connectivity index (χ2n) is 4.10. The number of hydrogen-bond acceptors (Lipinski definition) is 3. The molecule has 20 heavy (non-hydrogen) atoms. The Morgan fingerprint density at radius 2 is 2.00 bits per heavy atom. The second kappa shape index (κ2) is 8.62. The van der Waals surface area contributed by atoms with Crippen LogP contribution in [0.2, 0.25) is 0 Å². The zero-order valence-corrected chi connectivity index (χ0v) is 13.3. The number of carbonyl (C=O) groups is 2. The zero-order valence-electron chi connectivity index (χ0n) is 11.1. The molecule has 0 spiro atoms. The summed E-state index contributed by atoms with van der Waals surface area (Å²) in [6.45, 7) is 0.903. The van der Waals surface area contributed by atoms with E-state index in [9.17, 15) is 9.59 Å². The highest BCUT2D eigenvalue weighted by Crippen LogP contribution is 2.12. The van der Waals surface area contributed by atoms with Gasteiger partial charge in [-0.15, -0.1) is 0 Å². The van der Waals surface area contributed by atoms with Crippen LogP contribution in [0.1, 0.15) is 6.42 Å². The molecule has 0 atom stereocenters. The van der Waals surface area contributed by atoms with Crippen molar-refractivity contribution in [3.8, 4) is 5.75 Å². The Morgan fingerprint density at radius 3 is 2.60 bits per heavy atom. The summed E-state index contributed by atoms with van der Waals surface area (Å²) in [4.78, 5) is 23.3. The lowest BCUT2D eigenvalue weighted by molar-refractivity contribution is -0.137. The Morgan fingerprint density at radius 1 is 1.35 bits per heavy atom. The fourth-order valence-corrected chi connectivity index (χ4v) is 1.72. The van der Waals surface area contributed by atoms with E-state index in [1.165, 1.54) is 4.90 Å². The standard InChI is InChI=1S/C13H17IN2O4/c1-16(8-6-12(17)18)13(19)15-7-9-20-11-4-2-10(14)3-5-11/h2-5H,6-9H2,1H3,(H,15,19)(H,17,18). The Balaban J connectivity index is 2.18. The summed E-state index contributed by atoms with van der Waals surface area (Å²) in [6.07, 6.45) is -0.0664. The van der Waals surface area contributed by atoms with Gasteiger partial charge < -0.3 is 20.1 Å². The number of carbonyl (C=O) groups excluding carboxylic acids is 1. The molecule has 0 radical (unpaired) electrons. The van der Waals surface area contributed by atoms with E-state index in [0.717, 1.165) is 9.32 Å². The largest absolute Gasteiger partial charge is 0.492 e. The number of amides is 2. The number of hydrogen-bond donors (Lipinski definition) is 2. The summed E-state index contributed by atoms with van der Waals surface area (Å²) in [6, 6.07) is 7.30. The van der Waals surface area contributed by atoms with Crippen molar-refractivity contribution in [3.05, 3.63) is 27.8 Å². The quantitative estimate of drug-likeness (QED) is 0.548. The fourth-order valence-electron chi connectivity index (χ4n) is 1.36. The second-order valence-corrected chi connectivity index (χ2v) is 5.35. The van der Waals surface area contributed by atoms with E-state index in [4.69, 9.17) is 9.84 Å². The molecule has 7 heteroatoms. The number of carboxylic acids is 1. The molecular weight excluding hydrogens is 375 g/mol. The van der Waals surface area contributed by atoms with Crippen molar-refractivity contribution in [2.45, 2.75) is 6.42 Å². The third kappa shape index (κ3) is 6.60. The van der Waals surface area contributed by atoms with Crippen LogP contribution >= 0.6 is 22.6 Å². The van der Waals surface area contributed by atoms with Crippen LogP contribution in [0.4, 0.5) is 4.79 Å². The lowest BCUT2D eigenvalue weighted by Crippen LogP contribution is -2.40. The first-order chi connectivity index (χ1) is 9.49. The number of urea groups is 1. The molecule has 2 amide bonds. The number of halogens is 1. The molecule has 0 unspecified atom stereocenters. The normalized spacial score (nSPS) is 9.90. The molecule has 0 aliphatic rings. The third-order valence-corrected chi connectivity index (χ3v) is 3.19. The maximum absolute atomic E-state index is 11.6. The molecule has 6 nitrogen and oxygen atoms in total. The highest BCUT2D eigenvalue weighted by molar-refractivity contribution is 14.1.